The van der Waals surface area contributed by atoms with Crippen molar-refractivity contribution in [1.29, 1.82) is 5.26 Å². The van der Waals surface area contributed by atoms with E-state index >= 15 is 0 Å². The largest absolute Gasteiger partial charge is 0.383 e. The van der Waals surface area contributed by atoms with Crippen LogP contribution in [0.25, 0.3) is 0 Å². The molecule has 0 saturated carbocycles. The lowest BCUT2D eigenvalue weighted by Crippen LogP contribution is -2.40. The molecule has 0 aromatic carbocycles. The van der Waals surface area contributed by atoms with Gasteiger partial charge >= 0.3 is 0 Å². The first kappa shape index (κ1) is 12.0. The van der Waals surface area contributed by atoms with E-state index in [1.807, 2.05) is 6.07 Å². The highest BCUT2D eigenvalue weighted by molar-refractivity contribution is 6.17. The van der Waals surface area contributed by atoms with Crippen molar-refractivity contribution in [2.24, 2.45) is 0 Å². The van der Waals surface area contributed by atoms with Gasteiger partial charge in [0.05, 0.1) is 5.57 Å². The lowest BCUT2D eigenvalue weighted by molar-refractivity contribution is -0.138. The van der Waals surface area contributed by atoms with E-state index in [9.17, 15) is 9.59 Å². The van der Waals surface area contributed by atoms with Gasteiger partial charge in [0.2, 0.25) is 0 Å². The molecular formula is C11H13N3O2. The molecule has 0 unspecified atom stereocenters. The van der Waals surface area contributed by atoms with E-state index in [0.717, 1.165) is 4.90 Å². The molecule has 1 aliphatic heterocycles. The van der Waals surface area contributed by atoms with Crippen LogP contribution in [0.5, 0.6) is 0 Å². The Bertz CT molecular complexity index is 452. The fourth-order valence-corrected chi connectivity index (χ4v) is 1.44. The third-order valence-electron chi connectivity index (χ3n) is 2.33. The molecule has 0 fully saturated rings. The Hall–Kier alpha value is -2.09. The first-order chi connectivity index (χ1) is 7.40. The minimum atomic E-state index is -0.541. The van der Waals surface area contributed by atoms with Gasteiger partial charge in [0.25, 0.3) is 11.8 Å². The molecule has 16 heavy (non-hydrogen) atoms. The number of imide groups is 1. The molecule has 0 spiro atoms. The molecule has 0 N–H and O–H groups in total. The first-order valence-corrected chi connectivity index (χ1v) is 4.72. The lowest BCUT2D eigenvalue weighted by Gasteiger charge is -2.24. The highest BCUT2D eigenvalue weighted by Gasteiger charge is 2.32. The lowest BCUT2D eigenvalue weighted by atomic mass is 9.96. The van der Waals surface area contributed by atoms with Crippen LogP contribution in [0.2, 0.25) is 0 Å². The van der Waals surface area contributed by atoms with Crippen LogP contribution in [0, 0.1) is 11.3 Å². The van der Waals surface area contributed by atoms with Crippen LogP contribution in [0.4, 0.5) is 0 Å². The van der Waals surface area contributed by atoms with Crippen LogP contribution in [0.1, 0.15) is 6.92 Å². The number of likely N-dealkylation sites (N-methyl/N-ethyl adjacent to an activating group) is 1. The molecule has 1 aliphatic rings. The van der Waals surface area contributed by atoms with E-state index in [4.69, 9.17) is 5.26 Å². The van der Waals surface area contributed by atoms with Crippen molar-refractivity contribution in [3.8, 4) is 6.07 Å². The zero-order valence-electron chi connectivity index (χ0n) is 9.74. The Labute approximate surface area is 94.2 Å². The summed E-state index contributed by atoms with van der Waals surface area (Å²) in [5, 5.41) is 8.88. The van der Waals surface area contributed by atoms with Crippen LogP contribution >= 0.6 is 0 Å². The van der Waals surface area contributed by atoms with Gasteiger partial charge in [-0.3, -0.25) is 14.5 Å². The molecule has 0 aliphatic carbocycles. The summed E-state index contributed by atoms with van der Waals surface area (Å²) >= 11 is 0. The monoisotopic (exact) mass is 219 g/mol. The van der Waals surface area contributed by atoms with Crippen molar-refractivity contribution in [2.75, 3.05) is 21.1 Å². The molecule has 0 saturated heterocycles. The predicted molar refractivity (Wildman–Crippen MR) is 57.9 cm³/mol. The summed E-state index contributed by atoms with van der Waals surface area (Å²) in [6.07, 6.45) is 1.61. The summed E-state index contributed by atoms with van der Waals surface area (Å²) in [7, 11) is 4.92. The molecule has 1 rings (SSSR count). The Kier molecular flexibility index (Phi) is 3.14. The average molecular weight is 219 g/mol. The van der Waals surface area contributed by atoms with Crippen molar-refractivity contribution in [3.63, 3.8) is 0 Å². The minimum absolute atomic E-state index is 0.0233. The average Bonchev–Trinajstić information content (AvgIpc) is 2.22. The third kappa shape index (κ3) is 1.82. The van der Waals surface area contributed by atoms with E-state index < -0.39 is 5.91 Å². The van der Waals surface area contributed by atoms with Gasteiger partial charge in [-0.1, -0.05) is 0 Å². The molecular weight excluding hydrogens is 206 g/mol. The molecule has 0 radical (unpaired) electrons. The van der Waals surface area contributed by atoms with Gasteiger partial charge in [0.1, 0.15) is 11.6 Å². The number of rotatable bonds is 1. The number of hydrogen-bond acceptors (Lipinski definition) is 4. The number of amides is 2. The Morgan fingerprint density at radius 1 is 1.31 bits per heavy atom. The van der Waals surface area contributed by atoms with Crippen LogP contribution in [0.3, 0.4) is 0 Å². The fourth-order valence-electron chi connectivity index (χ4n) is 1.44. The number of hydrogen-bond donors (Lipinski definition) is 0. The number of carbonyl (C=O) groups excluding carboxylic acids is 2. The topological polar surface area (TPSA) is 64.4 Å². The maximum Gasteiger partial charge on any atom is 0.271 e. The summed E-state index contributed by atoms with van der Waals surface area (Å²) in [5.74, 6) is -0.920. The van der Waals surface area contributed by atoms with E-state index in [1.54, 1.807) is 32.1 Å². The second-order valence-electron chi connectivity index (χ2n) is 3.79. The standard InChI is InChI=1S/C11H13N3O2/c1-7-8(5-12)10(15)14(4)11(16)9(7)6-13(2)3/h6H,1-4H3/b9-6-. The Morgan fingerprint density at radius 3 is 2.31 bits per heavy atom. The van der Waals surface area contributed by atoms with Crippen molar-refractivity contribution in [1.82, 2.24) is 9.80 Å². The Balaban J connectivity index is 3.41. The van der Waals surface area contributed by atoms with Gasteiger partial charge in [0, 0.05) is 27.3 Å². The maximum atomic E-state index is 11.8. The number of nitriles is 1. The molecule has 5 heteroatoms. The summed E-state index contributed by atoms with van der Waals surface area (Å²) in [5.41, 5.74) is 0.836. The summed E-state index contributed by atoms with van der Waals surface area (Å²) in [6, 6.07) is 1.83. The minimum Gasteiger partial charge on any atom is -0.383 e. The summed E-state index contributed by atoms with van der Waals surface area (Å²) in [4.78, 5) is 26.1. The maximum absolute atomic E-state index is 11.8. The first-order valence-electron chi connectivity index (χ1n) is 4.72. The van der Waals surface area contributed by atoms with Crippen LogP contribution in [0.15, 0.2) is 22.9 Å². The van der Waals surface area contributed by atoms with Crippen molar-refractivity contribution in [3.05, 3.63) is 22.9 Å². The molecule has 0 atom stereocenters. The van der Waals surface area contributed by atoms with Gasteiger partial charge in [-0.15, -0.1) is 0 Å². The van der Waals surface area contributed by atoms with Crippen LogP contribution < -0.4 is 0 Å². The molecule has 84 valence electrons. The van der Waals surface area contributed by atoms with Gasteiger partial charge in [-0.25, -0.2) is 0 Å². The van der Waals surface area contributed by atoms with Crippen LogP contribution in [-0.2, 0) is 9.59 Å². The van der Waals surface area contributed by atoms with E-state index in [1.165, 1.54) is 7.05 Å². The van der Waals surface area contributed by atoms with E-state index in [-0.39, 0.29) is 11.5 Å². The zero-order valence-corrected chi connectivity index (χ0v) is 9.74. The van der Waals surface area contributed by atoms with Crippen molar-refractivity contribution in [2.45, 2.75) is 6.92 Å². The second-order valence-corrected chi connectivity index (χ2v) is 3.79. The number of carbonyl (C=O) groups is 2. The highest BCUT2D eigenvalue weighted by Crippen LogP contribution is 2.23. The summed E-state index contributed by atoms with van der Waals surface area (Å²) < 4.78 is 0. The fraction of sp³-hybridized carbons (Fsp3) is 0.364. The van der Waals surface area contributed by atoms with Gasteiger partial charge in [-0.2, -0.15) is 5.26 Å². The van der Waals surface area contributed by atoms with Gasteiger partial charge in [0.15, 0.2) is 0 Å². The van der Waals surface area contributed by atoms with E-state index in [0.29, 0.717) is 11.1 Å². The quantitative estimate of drug-likeness (QED) is 0.469. The van der Waals surface area contributed by atoms with E-state index in [2.05, 4.69) is 0 Å². The SMILES string of the molecule is CC1=C(C#N)C(=O)N(C)C(=O)/C1=C\N(C)C. The zero-order chi connectivity index (χ0) is 12.5. The second kappa shape index (κ2) is 4.19. The summed E-state index contributed by atoms with van der Waals surface area (Å²) in [6.45, 7) is 1.61. The normalized spacial score (nSPS) is 19.2. The van der Waals surface area contributed by atoms with Gasteiger partial charge < -0.3 is 4.90 Å². The molecule has 5 nitrogen and oxygen atoms in total. The third-order valence-corrected chi connectivity index (χ3v) is 2.33. The smallest absolute Gasteiger partial charge is 0.271 e. The Morgan fingerprint density at radius 2 is 1.88 bits per heavy atom. The number of nitrogens with zero attached hydrogens (tertiary/aromatic N) is 3. The van der Waals surface area contributed by atoms with Gasteiger partial charge in [-0.05, 0) is 12.5 Å². The van der Waals surface area contributed by atoms with Crippen molar-refractivity contribution < 1.29 is 9.59 Å². The molecule has 2 amide bonds. The predicted octanol–water partition coefficient (Wildman–Crippen LogP) is 0.271. The van der Waals surface area contributed by atoms with Crippen molar-refractivity contribution >= 4 is 11.8 Å². The molecule has 0 aromatic heterocycles. The molecule has 0 aromatic rings. The van der Waals surface area contributed by atoms with Crippen LogP contribution in [-0.4, -0.2) is 42.8 Å². The molecule has 1 heterocycles. The molecule has 0 bridgehead atoms. The highest BCUT2D eigenvalue weighted by atomic mass is 16.2.